The van der Waals surface area contributed by atoms with Crippen LogP contribution in [0.1, 0.15) is 12.5 Å². The van der Waals surface area contributed by atoms with E-state index in [2.05, 4.69) is 17.3 Å². The lowest BCUT2D eigenvalue weighted by Crippen LogP contribution is -2.14. The molecule has 138 valence electrons. The summed E-state index contributed by atoms with van der Waals surface area (Å²) in [7, 11) is 7.75. The number of benzene rings is 2. The van der Waals surface area contributed by atoms with Crippen LogP contribution in [-0.4, -0.2) is 29.6 Å². The van der Waals surface area contributed by atoms with E-state index in [4.69, 9.17) is 23.3 Å². The summed E-state index contributed by atoms with van der Waals surface area (Å²) in [6, 6.07) is 13.4. The zero-order chi connectivity index (χ0) is 19.7. The van der Waals surface area contributed by atoms with Crippen molar-refractivity contribution < 1.29 is 4.74 Å². The molecule has 0 aliphatic carbocycles. The molecule has 2 aromatic heterocycles. The summed E-state index contributed by atoms with van der Waals surface area (Å²) in [6.45, 7) is 2.06. The predicted molar refractivity (Wildman–Crippen MR) is 114 cm³/mol. The van der Waals surface area contributed by atoms with E-state index in [1.165, 1.54) is 0 Å². The van der Waals surface area contributed by atoms with Crippen LogP contribution < -0.4 is 21.3 Å². The Bertz CT molecular complexity index is 1110. The van der Waals surface area contributed by atoms with Gasteiger partial charge in [0.25, 0.3) is 0 Å². The summed E-state index contributed by atoms with van der Waals surface area (Å²) in [5.74, 6) is 1.36. The molecule has 6 nitrogen and oxygen atoms in total. The normalized spacial score (nSPS) is 10.9. The van der Waals surface area contributed by atoms with Gasteiger partial charge in [0, 0.05) is 29.2 Å². The average Bonchev–Trinajstić information content (AvgIpc) is 3.13. The first-order valence-electron chi connectivity index (χ1n) is 9.02. The topological polar surface area (TPSA) is 77.5 Å². The number of nitrogens with two attached hydrogens (primary N) is 1. The molecule has 0 saturated carbocycles. The Morgan fingerprint density at radius 2 is 1.96 bits per heavy atom. The van der Waals surface area contributed by atoms with Gasteiger partial charge in [0.2, 0.25) is 0 Å². The first kappa shape index (κ1) is 17.9. The quantitative estimate of drug-likeness (QED) is 0.418. The van der Waals surface area contributed by atoms with Crippen LogP contribution in [0.25, 0.3) is 16.8 Å². The number of anilines is 3. The SMILES string of the molecule is [B]c1c(CC)cc(Nc2ccn3ncc(-c4ccc(N)cc4)c3n2)cc1OC. The summed E-state index contributed by atoms with van der Waals surface area (Å²) in [4.78, 5) is 4.75. The summed E-state index contributed by atoms with van der Waals surface area (Å²) >= 11 is 0. The number of methoxy groups -OCH3 is 1. The van der Waals surface area contributed by atoms with E-state index < -0.39 is 0 Å². The van der Waals surface area contributed by atoms with Crippen molar-refractivity contribution in [2.24, 2.45) is 0 Å². The maximum absolute atomic E-state index is 6.13. The van der Waals surface area contributed by atoms with Gasteiger partial charge < -0.3 is 15.8 Å². The third kappa shape index (κ3) is 3.27. The molecule has 0 spiro atoms. The Morgan fingerprint density at radius 3 is 2.68 bits per heavy atom. The van der Waals surface area contributed by atoms with E-state index in [0.717, 1.165) is 40.1 Å². The van der Waals surface area contributed by atoms with E-state index in [1.807, 2.05) is 48.7 Å². The van der Waals surface area contributed by atoms with Crippen molar-refractivity contribution in [3.63, 3.8) is 0 Å². The zero-order valence-electron chi connectivity index (χ0n) is 15.8. The van der Waals surface area contributed by atoms with Gasteiger partial charge in [-0.15, -0.1) is 0 Å². The third-order valence-electron chi connectivity index (χ3n) is 4.69. The number of hydrogen-bond donors (Lipinski definition) is 2. The highest BCUT2D eigenvalue weighted by molar-refractivity contribution is 6.35. The molecule has 0 bridgehead atoms. The zero-order valence-corrected chi connectivity index (χ0v) is 15.8. The molecular weight excluding hydrogens is 349 g/mol. The number of hydrogen-bond acceptors (Lipinski definition) is 5. The molecule has 0 aliphatic rings. The molecule has 7 heteroatoms. The second-order valence-corrected chi connectivity index (χ2v) is 6.49. The summed E-state index contributed by atoms with van der Waals surface area (Å²) in [5, 5.41) is 7.73. The van der Waals surface area contributed by atoms with E-state index in [0.29, 0.717) is 17.0 Å². The molecule has 0 atom stereocenters. The van der Waals surface area contributed by atoms with Crippen molar-refractivity contribution in [1.82, 2.24) is 14.6 Å². The van der Waals surface area contributed by atoms with Gasteiger partial charge in [-0.1, -0.05) is 24.5 Å². The lowest BCUT2D eigenvalue weighted by atomic mass is 9.88. The predicted octanol–water partition coefficient (Wildman–Crippen LogP) is 3.09. The van der Waals surface area contributed by atoms with Crippen molar-refractivity contribution in [2.45, 2.75) is 13.3 Å². The fraction of sp³-hybridized carbons (Fsp3) is 0.143. The fourth-order valence-corrected chi connectivity index (χ4v) is 3.17. The van der Waals surface area contributed by atoms with Crippen molar-refractivity contribution in [1.29, 1.82) is 0 Å². The molecule has 4 rings (SSSR count). The van der Waals surface area contributed by atoms with Crippen LogP contribution in [-0.2, 0) is 6.42 Å². The van der Waals surface area contributed by atoms with Crippen molar-refractivity contribution in [2.75, 3.05) is 18.2 Å². The van der Waals surface area contributed by atoms with Gasteiger partial charge >= 0.3 is 0 Å². The highest BCUT2D eigenvalue weighted by Gasteiger charge is 2.11. The number of rotatable bonds is 5. The van der Waals surface area contributed by atoms with E-state index in [-0.39, 0.29) is 0 Å². The van der Waals surface area contributed by atoms with Crippen LogP contribution in [0.4, 0.5) is 17.2 Å². The number of nitrogens with zero attached hydrogens (tertiary/aromatic N) is 3. The Balaban J connectivity index is 1.72. The molecule has 0 unspecified atom stereocenters. The molecule has 2 aromatic carbocycles. The number of nitrogen functional groups attached to an aromatic ring is 1. The summed E-state index contributed by atoms with van der Waals surface area (Å²) in [5.41, 5.74) is 11.8. The van der Waals surface area contributed by atoms with Gasteiger partial charge in [-0.05, 0) is 41.8 Å². The van der Waals surface area contributed by atoms with Crippen molar-refractivity contribution in [3.8, 4) is 16.9 Å². The molecule has 0 aliphatic heterocycles. The largest absolute Gasteiger partial charge is 0.497 e. The Morgan fingerprint density at radius 1 is 1.18 bits per heavy atom. The van der Waals surface area contributed by atoms with Gasteiger partial charge in [0.15, 0.2) is 5.65 Å². The molecule has 2 heterocycles. The van der Waals surface area contributed by atoms with Gasteiger partial charge in [-0.2, -0.15) is 5.10 Å². The van der Waals surface area contributed by atoms with Crippen LogP contribution in [0.5, 0.6) is 5.75 Å². The van der Waals surface area contributed by atoms with Gasteiger partial charge in [-0.3, -0.25) is 0 Å². The van der Waals surface area contributed by atoms with Gasteiger partial charge in [0.1, 0.15) is 19.4 Å². The summed E-state index contributed by atoms with van der Waals surface area (Å²) in [6.07, 6.45) is 4.49. The minimum Gasteiger partial charge on any atom is -0.497 e. The molecule has 0 saturated heterocycles. The number of aryl methyl sites for hydroxylation is 1. The molecule has 0 amide bonds. The van der Waals surface area contributed by atoms with Crippen LogP contribution in [0.15, 0.2) is 54.9 Å². The minimum atomic E-state index is 0.648. The molecule has 2 radical (unpaired) electrons. The highest BCUT2D eigenvalue weighted by Crippen LogP contribution is 2.26. The number of aromatic nitrogens is 3. The summed E-state index contributed by atoms with van der Waals surface area (Å²) < 4.78 is 7.15. The maximum atomic E-state index is 6.13. The lowest BCUT2D eigenvalue weighted by Gasteiger charge is -2.14. The van der Waals surface area contributed by atoms with Crippen molar-refractivity contribution in [3.05, 3.63) is 60.4 Å². The number of fused-ring (bicyclic) bond motifs is 1. The molecular formula is C21H20BN5O. The van der Waals surface area contributed by atoms with E-state index >= 15 is 0 Å². The van der Waals surface area contributed by atoms with Crippen LogP contribution in [0, 0.1) is 0 Å². The molecule has 4 aromatic rings. The minimum absolute atomic E-state index is 0.648. The average molecular weight is 369 g/mol. The smallest absolute Gasteiger partial charge is 0.165 e. The monoisotopic (exact) mass is 369 g/mol. The Labute approximate surface area is 164 Å². The maximum Gasteiger partial charge on any atom is 0.165 e. The molecule has 28 heavy (non-hydrogen) atoms. The molecule has 0 fully saturated rings. The fourth-order valence-electron chi connectivity index (χ4n) is 3.17. The van der Waals surface area contributed by atoms with Crippen molar-refractivity contribution >= 4 is 36.1 Å². The van der Waals surface area contributed by atoms with Crippen LogP contribution in [0.2, 0.25) is 0 Å². The first-order valence-corrected chi connectivity index (χ1v) is 9.02. The Kier molecular flexibility index (Phi) is 4.65. The van der Waals surface area contributed by atoms with Gasteiger partial charge in [0.05, 0.1) is 13.3 Å². The Hall–Kier alpha value is -3.48. The second-order valence-electron chi connectivity index (χ2n) is 6.49. The van der Waals surface area contributed by atoms with Crippen LogP contribution in [0.3, 0.4) is 0 Å². The van der Waals surface area contributed by atoms with E-state index in [9.17, 15) is 0 Å². The highest BCUT2D eigenvalue weighted by atomic mass is 16.5. The number of nitrogens with one attached hydrogen (secondary N) is 1. The lowest BCUT2D eigenvalue weighted by molar-refractivity contribution is 0.418. The van der Waals surface area contributed by atoms with E-state index in [1.54, 1.807) is 17.8 Å². The van der Waals surface area contributed by atoms with Crippen LogP contribution >= 0.6 is 0 Å². The number of ether oxygens (including phenoxy) is 1. The van der Waals surface area contributed by atoms with Gasteiger partial charge in [-0.25, -0.2) is 9.50 Å². The third-order valence-corrected chi connectivity index (χ3v) is 4.69. The standard InChI is InChI=1S/C21H20BN5O/c1-3-13-10-16(11-18(28-2)20(13)22)25-19-8-9-27-21(26-19)17(12-24-27)14-4-6-15(23)7-5-14/h4-12H,3,23H2,1-2H3,(H,25,26). The first-order chi connectivity index (χ1) is 13.6. The second kappa shape index (κ2) is 7.27. The molecule has 3 N–H and O–H groups in total.